The highest BCUT2D eigenvalue weighted by atomic mass is 31.2. The number of rotatable bonds is 7. The molecule has 0 radical (unpaired) electrons. The van der Waals surface area contributed by atoms with E-state index in [4.69, 9.17) is 4.74 Å². The van der Waals surface area contributed by atoms with Gasteiger partial charge in [-0.25, -0.2) is 4.79 Å². The molecule has 0 spiro atoms. The summed E-state index contributed by atoms with van der Waals surface area (Å²) in [4.78, 5) is 25.0. The van der Waals surface area contributed by atoms with Crippen LogP contribution in [-0.4, -0.2) is 24.2 Å². The molecule has 3 aromatic rings. The lowest BCUT2D eigenvalue weighted by molar-refractivity contribution is -0.132. The van der Waals surface area contributed by atoms with Gasteiger partial charge in [-0.05, 0) is 36.1 Å². The molecular weight excluding hydrogens is 379 g/mol. The van der Waals surface area contributed by atoms with Crippen LogP contribution in [0, 0.1) is 0 Å². The predicted molar refractivity (Wildman–Crippen MR) is 122 cm³/mol. The number of methoxy groups -OCH3 is 1. The summed E-state index contributed by atoms with van der Waals surface area (Å²) in [6.45, 7) is -0.944. The van der Waals surface area contributed by atoms with Crippen LogP contribution in [0.25, 0.3) is 0 Å². The minimum Gasteiger partial charge on any atom is -0.466 e. The van der Waals surface area contributed by atoms with E-state index in [-0.39, 0.29) is 11.8 Å². The summed E-state index contributed by atoms with van der Waals surface area (Å²) in [7, 11) is 1.41. The van der Waals surface area contributed by atoms with Crippen molar-refractivity contribution in [2.24, 2.45) is 0 Å². The van der Waals surface area contributed by atoms with Crippen LogP contribution < -0.4 is 15.9 Å². The Hall–Kier alpha value is -2.90. The second-order valence-electron chi connectivity index (χ2n) is 6.82. The normalized spacial score (nSPS) is 11.0. The molecule has 0 fully saturated rings. The van der Waals surface area contributed by atoms with E-state index in [2.05, 4.69) is 36.4 Å². The quantitative estimate of drug-likeness (QED) is 0.446. The molecule has 3 rings (SSSR count). The van der Waals surface area contributed by atoms with Crippen LogP contribution in [0.2, 0.25) is 0 Å². The maximum Gasteiger partial charge on any atom is 0.334 e. The molecule has 0 saturated heterocycles. The lowest BCUT2D eigenvalue weighted by Gasteiger charge is -2.32. The SMILES string of the molecule is COC(=O)C(CCC(C)=O)=P(c1ccccc1)(c1ccccc1)c1ccccc1. The fourth-order valence-electron chi connectivity index (χ4n) is 3.69. The van der Waals surface area contributed by atoms with Crippen LogP contribution in [0.5, 0.6) is 0 Å². The predicted octanol–water partition coefficient (Wildman–Crippen LogP) is 3.70. The third kappa shape index (κ3) is 4.26. The van der Waals surface area contributed by atoms with E-state index in [9.17, 15) is 9.59 Å². The molecule has 0 atom stereocenters. The smallest absolute Gasteiger partial charge is 0.334 e. The highest BCUT2D eigenvalue weighted by Gasteiger charge is 2.33. The monoisotopic (exact) mass is 404 g/mol. The summed E-state index contributed by atoms with van der Waals surface area (Å²) in [6.07, 6.45) is 0.674. The van der Waals surface area contributed by atoms with Crippen molar-refractivity contribution < 1.29 is 14.3 Å². The van der Waals surface area contributed by atoms with Crippen LogP contribution in [0.15, 0.2) is 91.0 Å². The summed E-state index contributed by atoms with van der Waals surface area (Å²) in [5.74, 6) is -0.296. The largest absolute Gasteiger partial charge is 0.466 e. The number of esters is 1. The first-order valence-electron chi connectivity index (χ1n) is 9.60. The Morgan fingerprint density at radius 2 is 1.07 bits per heavy atom. The molecule has 0 aliphatic carbocycles. The standard InChI is InChI=1S/C25H25O3P/c1-20(26)18-19-24(25(27)28-2)29(21-12-6-3-7-13-21,22-14-8-4-9-15-22)23-16-10-5-11-17-23/h3-17H,18-19H2,1-2H3. The topological polar surface area (TPSA) is 43.4 Å². The number of Topliss-reactive ketones (excluding diaryl/α,β-unsaturated/α-hetero) is 1. The first kappa shape index (κ1) is 20.8. The van der Waals surface area contributed by atoms with Gasteiger partial charge in [-0.3, -0.25) is 0 Å². The summed E-state index contributed by atoms with van der Waals surface area (Å²) < 4.78 is 5.26. The Morgan fingerprint density at radius 3 is 1.38 bits per heavy atom. The van der Waals surface area contributed by atoms with Gasteiger partial charge in [-0.2, -0.15) is 0 Å². The van der Waals surface area contributed by atoms with E-state index in [0.29, 0.717) is 18.1 Å². The van der Waals surface area contributed by atoms with Crippen molar-refractivity contribution in [2.45, 2.75) is 19.8 Å². The lowest BCUT2D eigenvalue weighted by atomic mass is 10.2. The maximum absolute atomic E-state index is 13.1. The van der Waals surface area contributed by atoms with E-state index in [0.717, 1.165) is 15.9 Å². The number of ether oxygens (including phenoxy) is 1. The zero-order valence-electron chi connectivity index (χ0n) is 16.7. The van der Waals surface area contributed by atoms with Crippen molar-refractivity contribution in [3.05, 3.63) is 91.0 Å². The van der Waals surface area contributed by atoms with E-state index in [1.165, 1.54) is 7.11 Å². The molecule has 3 aromatic carbocycles. The molecule has 0 aliphatic rings. The molecule has 148 valence electrons. The zero-order chi connectivity index (χ0) is 20.7. The third-order valence-electron chi connectivity index (χ3n) is 4.97. The molecule has 0 N–H and O–H groups in total. The van der Waals surface area contributed by atoms with E-state index in [1.807, 2.05) is 54.6 Å². The van der Waals surface area contributed by atoms with Gasteiger partial charge in [0.05, 0.1) is 7.11 Å². The van der Waals surface area contributed by atoms with Gasteiger partial charge in [0.15, 0.2) is 0 Å². The molecule has 3 nitrogen and oxygen atoms in total. The van der Waals surface area contributed by atoms with Gasteiger partial charge in [0.1, 0.15) is 5.78 Å². The summed E-state index contributed by atoms with van der Waals surface area (Å²) >= 11 is 0. The second kappa shape index (κ2) is 9.54. The van der Waals surface area contributed by atoms with Gasteiger partial charge in [0.2, 0.25) is 0 Å². The first-order chi connectivity index (χ1) is 14.1. The van der Waals surface area contributed by atoms with E-state index >= 15 is 0 Å². The molecule has 0 aromatic heterocycles. The molecule has 0 saturated carbocycles. The van der Waals surface area contributed by atoms with Crippen molar-refractivity contribution in [1.29, 1.82) is 0 Å². The van der Waals surface area contributed by atoms with Crippen molar-refractivity contribution >= 4 is 39.8 Å². The van der Waals surface area contributed by atoms with E-state index in [1.54, 1.807) is 6.92 Å². The Bertz CT molecular complexity index is 922. The molecule has 4 heteroatoms. The molecule has 0 aliphatic heterocycles. The zero-order valence-corrected chi connectivity index (χ0v) is 17.6. The van der Waals surface area contributed by atoms with Crippen molar-refractivity contribution in [3.8, 4) is 0 Å². The minimum absolute atomic E-state index is 0.0543. The molecule has 0 amide bonds. The van der Waals surface area contributed by atoms with Gasteiger partial charge >= 0.3 is 5.97 Å². The second-order valence-corrected chi connectivity index (χ2v) is 10.2. The average molecular weight is 404 g/mol. The lowest BCUT2D eigenvalue weighted by Crippen LogP contribution is -2.34. The average Bonchev–Trinajstić information content (AvgIpc) is 2.78. The summed E-state index contributed by atoms with van der Waals surface area (Å²) in [5, 5.41) is 3.88. The number of carbonyl (C=O) groups is 2. The van der Waals surface area contributed by atoms with Crippen molar-refractivity contribution in [2.75, 3.05) is 7.11 Å². The van der Waals surface area contributed by atoms with Crippen LogP contribution in [0.4, 0.5) is 0 Å². The highest BCUT2D eigenvalue weighted by Crippen LogP contribution is 2.47. The molecule has 0 bridgehead atoms. The Labute approximate surface area is 172 Å². The molecule has 29 heavy (non-hydrogen) atoms. The minimum atomic E-state index is -2.50. The van der Waals surface area contributed by atoms with Crippen LogP contribution >= 0.6 is 6.89 Å². The number of ketones is 1. The number of carbonyl (C=O) groups excluding carboxylic acids is 2. The fourth-order valence-corrected chi connectivity index (χ4v) is 8.19. The molecule has 0 heterocycles. The molecular formula is C25H25O3P. The van der Waals surface area contributed by atoms with Crippen molar-refractivity contribution in [3.63, 3.8) is 0 Å². The Balaban J connectivity index is 2.53. The fraction of sp³-hybridized carbons (Fsp3) is 0.160. The Kier molecular flexibility index (Phi) is 6.85. The van der Waals surface area contributed by atoms with Gasteiger partial charge in [-0.1, -0.05) is 91.0 Å². The maximum atomic E-state index is 13.1. The molecule has 0 unspecified atom stereocenters. The van der Waals surface area contributed by atoms with E-state index < -0.39 is 6.89 Å². The van der Waals surface area contributed by atoms with Gasteiger partial charge in [0.25, 0.3) is 0 Å². The number of hydrogen-bond acceptors (Lipinski definition) is 3. The third-order valence-corrected chi connectivity index (χ3v) is 9.40. The first-order valence-corrected chi connectivity index (χ1v) is 11.4. The van der Waals surface area contributed by atoms with Crippen LogP contribution in [0.1, 0.15) is 19.8 Å². The van der Waals surface area contributed by atoms with Gasteiger partial charge in [-0.15, -0.1) is 0 Å². The number of hydrogen-bond donors (Lipinski definition) is 0. The van der Waals surface area contributed by atoms with Gasteiger partial charge < -0.3 is 9.53 Å². The summed E-state index contributed by atoms with van der Waals surface area (Å²) in [6, 6.07) is 30.3. The van der Waals surface area contributed by atoms with Crippen LogP contribution in [0.3, 0.4) is 0 Å². The van der Waals surface area contributed by atoms with Crippen molar-refractivity contribution in [1.82, 2.24) is 0 Å². The summed E-state index contributed by atoms with van der Waals surface area (Å²) in [5.41, 5.74) is 0. The highest BCUT2D eigenvalue weighted by molar-refractivity contribution is 7.96. The van der Waals surface area contributed by atoms with Crippen LogP contribution in [-0.2, 0) is 14.3 Å². The Morgan fingerprint density at radius 1 is 0.690 bits per heavy atom. The van der Waals surface area contributed by atoms with Gasteiger partial charge in [0, 0.05) is 11.7 Å². The number of benzene rings is 3.